The van der Waals surface area contributed by atoms with Gasteiger partial charge in [-0.1, -0.05) is 25.1 Å². The van der Waals surface area contributed by atoms with E-state index in [4.69, 9.17) is 0 Å². The van der Waals surface area contributed by atoms with Crippen LogP contribution in [0.5, 0.6) is 0 Å². The zero-order valence-electron chi connectivity index (χ0n) is 15.1. The number of hydrogen-bond acceptors (Lipinski definition) is 3. The van der Waals surface area contributed by atoms with Crippen LogP contribution in [0.4, 0.5) is 4.79 Å². The van der Waals surface area contributed by atoms with Gasteiger partial charge in [-0.3, -0.25) is 15.0 Å². The molecule has 3 aliphatic rings. The Bertz CT molecular complexity index is 766. The number of fused-ring (bicyclic) bond motifs is 1. The molecule has 2 aliphatic carbocycles. The first-order chi connectivity index (χ1) is 12.5. The Balaban J connectivity index is 1.41. The standard InChI is InChI=1S/C20H25N3O3/c1-13-7-9-20(10-8-13)18(25)23(19(26)21-20)22-17(24)12-14-5-6-15-3-2-4-16(15)11-14/h5-6,11,13H,2-4,7-10,12H2,1H3,(H,21,26)(H,22,24). The van der Waals surface area contributed by atoms with Crippen LogP contribution in [0.3, 0.4) is 0 Å². The second kappa shape index (κ2) is 6.41. The van der Waals surface area contributed by atoms with Crippen molar-refractivity contribution in [1.82, 2.24) is 15.8 Å². The predicted molar refractivity (Wildman–Crippen MR) is 96.1 cm³/mol. The lowest BCUT2D eigenvalue weighted by Crippen LogP contribution is -2.51. The number of nitrogens with zero attached hydrogens (tertiary/aromatic N) is 1. The van der Waals surface area contributed by atoms with Crippen LogP contribution in [0.1, 0.15) is 55.7 Å². The number of benzene rings is 1. The lowest BCUT2D eigenvalue weighted by atomic mass is 9.77. The maximum atomic E-state index is 12.8. The van der Waals surface area contributed by atoms with Gasteiger partial charge in [-0.05, 0) is 67.6 Å². The Kier molecular flexibility index (Phi) is 4.21. The molecule has 138 valence electrons. The van der Waals surface area contributed by atoms with E-state index in [1.54, 1.807) is 0 Å². The van der Waals surface area contributed by atoms with E-state index in [0.29, 0.717) is 18.8 Å². The highest BCUT2D eigenvalue weighted by atomic mass is 16.2. The minimum absolute atomic E-state index is 0.161. The summed E-state index contributed by atoms with van der Waals surface area (Å²) in [5.41, 5.74) is 5.26. The monoisotopic (exact) mass is 355 g/mol. The van der Waals surface area contributed by atoms with E-state index in [1.807, 2.05) is 6.07 Å². The molecular weight excluding hydrogens is 330 g/mol. The minimum Gasteiger partial charge on any atom is -0.322 e. The highest BCUT2D eigenvalue weighted by molar-refractivity contribution is 6.08. The zero-order valence-corrected chi connectivity index (χ0v) is 15.1. The molecule has 1 spiro atoms. The fourth-order valence-corrected chi connectivity index (χ4v) is 4.40. The summed E-state index contributed by atoms with van der Waals surface area (Å²) < 4.78 is 0. The number of imide groups is 1. The third-order valence-corrected chi connectivity index (χ3v) is 6.05. The average molecular weight is 355 g/mol. The van der Waals surface area contributed by atoms with Gasteiger partial charge in [0.1, 0.15) is 5.54 Å². The molecule has 4 amide bonds. The molecule has 0 radical (unpaired) electrons. The van der Waals surface area contributed by atoms with E-state index >= 15 is 0 Å². The van der Waals surface area contributed by atoms with E-state index in [2.05, 4.69) is 29.8 Å². The number of urea groups is 1. The number of amides is 4. The highest BCUT2D eigenvalue weighted by Crippen LogP contribution is 2.35. The second-order valence-electron chi connectivity index (χ2n) is 8.00. The quantitative estimate of drug-likeness (QED) is 0.816. The van der Waals surface area contributed by atoms with Gasteiger partial charge in [0.15, 0.2) is 0 Å². The van der Waals surface area contributed by atoms with Gasteiger partial charge in [0, 0.05) is 0 Å². The first kappa shape index (κ1) is 17.1. The van der Waals surface area contributed by atoms with Crippen molar-refractivity contribution in [3.63, 3.8) is 0 Å². The Hall–Kier alpha value is -2.37. The Morgan fingerprint density at radius 1 is 1.23 bits per heavy atom. The number of hydrazine groups is 1. The number of aryl methyl sites for hydroxylation is 2. The van der Waals surface area contributed by atoms with Crippen molar-refractivity contribution < 1.29 is 14.4 Å². The number of carbonyl (C=O) groups is 3. The molecule has 4 rings (SSSR count). The minimum atomic E-state index is -0.829. The van der Waals surface area contributed by atoms with Crippen LogP contribution >= 0.6 is 0 Å². The summed E-state index contributed by atoms with van der Waals surface area (Å²) in [6.07, 6.45) is 6.56. The van der Waals surface area contributed by atoms with Gasteiger partial charge in [-0.25, -0.2) is 4.79 Å². The number of rotatable bonds is 3. The zero-order chi connectivity index (χ0) is 18.3. The van der Waals surface area contributed by atoms with Gasteiger partial charge in [0.05, 0.1) is 6.42 Å². The lowest BCUT2D eigenvalue weighted by molar-refractivity contribution is -0.139. The summed E-state index contributed by atoms with van der Waals surface area (Å²) in [5.74, 6) is -0.0989. The maximum Gasteiger partial charge on any atom is 0.344 e. The topological polar surface area (TPSA) is 78.5 Å². The van der Waals surface area contributed by atoms with Crippen molar-refractivity contribution in [3.05, 3.63) is 34.9 Å². The fourth-order valence-electron chi connectivity index (χ4n) is 4.40. The van der Waals surface area contributed by atoms with E-state index < -0.39 is 11.6 Å². The Morgan fingerprint density at radius 2 is 1.96 bits per heavy atom. The molecular formula is C20H25N3O3. The van der Waals surface area contributed by atoms with Crippen LogP contribution < -0.4 is 10.7 Å². The first-order valence-electron chi connectivity index (χ1n) is 9.54. The van der Waals surface area contributed by atoms with Crippen LogP contribution in [0.15, 0.2) is 18.2 Å². The van der Waals surface area contributed by atoms with E-state index in [-0.39, 0.29) is 18.2 Å². The summed E-state index contributed by atoms with van der Waals surface area (Å²) in [4.78, 5) is 37.4. The van der Waals surface area contributed by atoms with E-state index in [1.165, 1.54) is 11.1 Å². The van der Waals surface area contributed by atoms with Crippen molar-refractivity contribution in [2.75, 3.05) is 0 Å². The molecule has 1 saturated carbocycles. The van der Waals surface area contributed by atoms with Crippen molar-refractivity contribution in [2.45, 2.75) is 63.8 Å². The van der Waals surface area contributed by atoms with Crippen LogP contribution in [0, 0.1) is 5.92 Å². The molecule has 2 fully saturated rings. The van der Waals surface area contributed by atoms with Gasteiger partial charge < -0.3 is 5.32 Å². The van der Waals surface area contributed by atoms with Gasteiger partial charge in [-0.15, -0.1) is 0 Å². The van der Waals surface area contributed by atoms with Crippen molar-refractivity contribution in [3.8, 4) is 0 Å². The first-order valence-corrected chi connectivity index (χ1v) is 9.54. The fraction of sp³-hybridized carbons (Fsp3) is 0.550. The highest BCUT2D eigenvalue weighted by Gasteiger charge is 2.52. The molecule has 0 bridgehead atoms. The molecule has 0 atom stereocenters. The summed E-state index contributed by atoms with van der Waals surface area (Å²) in [5, 5.41) is 3.70. The molecule has 26 heavy (non-hydrogen) atoms. The summed E-state index contributed by atoms with van der Waals surface area (Å²) >= 11 is 0. The lowest BCUT2D eigenvalue weighted by Gasteiger charge is -2.33. The predicted octanol–water partition coefficient (Wildman–Crippen LogP) is 2.25. The Labute approximate surface area is 153 Å². The molecule has 6 nitrogen and oxygen atoms in total. The number of nitrogens with one attached hydrogen (secondary N) is 2. The Morgan fingerprint density at radius 3 is 2.73 bits per heavy atom. The van der Waals surface area contributed by atoms with Crippen LogP contribution in [-0.2, 0) is 28.9 Å². The molecule has 1 aromatic rings. The number of carbonyl (C=O) groups excluding carboxylic acids is 3. The third kappa shape index (κ3) is 2.97. The SMILES string of the molecule is CC1CCC2(CC1)NC(=O)N(NC(=O)Cc1ccc3c(c1)CCC3)C2=O. The van der Waals surface area contributed by atoms with Crippen molar-refractivity contribution >= 4 is 17.8 Å². The average Bonchev–Trinajstić information content (AvgIpc) is 3.16. The molecule has 1 heterocycles. The molecule has 1 aromatic carbocycles. The van der Waals surface area contributed by atoms with E-state index in [9.17, 15) is 14.4 Å². The summed E-state index contributed by atoms with van der Waals surface area (Å²) in [6.45, 7) is 2.16. The van der Waals surface area contributed by atoms with Gasteiger partial charge in [-0.2, -0.15) is 5.01 Å². The molecule has 1 saturated heterocycles. The molecule has 6 heteroatoms. The third-order valence-electron chi connectivity index (χ3n) is 6.05. The van der Waals surface area contributed by atoms with Gasteiger partial charge in [0.2, 0.25) is 5.91 Å². The van der Waals surface area contributed by atoms with Crippen LogP contribution in [-0.4, -0.2) is 28.4 Å². The van der Waals surface area contributed by atoms with Gasteiger partial charge >= 0.3 is 6.03 Å². The molecule has 0 aromatic heterocycles. The van der Waals surface area contributed by atoms with Crippen LogP contribution in [0.25, 0.3) is 0 Å². The summed E-state index contributed by atoms with van der Waals surface area (Å²) in [7, 11) is 0. The van der Waals surface area contributed by atoms with Crippen LogP contribution in [0.2, 0.25) is 0 Å². The second-order valence-corrected chi connectivity index (χ2v) is 8.00. The van der Waals surface area contributed by atoms with Crippen molar-refractivity contribution in [2.24, 2.45) is 5.92 Å². The summed E-state index contributed by atoms with van der Waals surface area (Å²) in [6, 6.07) is 5.58. The molecule has 0 unspecified atom stereocenters. The molecule has 1 aliphatic heterocycles. The van der Waals surface area contributed by atoms with Gasteiger partial charge in [0.25, 0.3) is 5.91 Å². The normalized spacial score (nSPS) is 27.6. The smallest absolute Gasteiger partial charge is 0.322 e. The van der Waals surface area contributed by atoms with E-state index in [0.717, 1.165) is 42.7 Å². The van der Waals surface area contributed by atoms with Crippen molar-refractivity contribution in [1.29, 1.82) is 0 Å². The molecule has 2 N–H and O–H groups in total. The largest absolute Gasteiger partial charge is 0.344 e. The number of hydrogen-bond donors (Lipinski definition) is 2. The maximum absolute atomic E-state index is 12.8.